The normalized spacial score (nSPS) is 17.2. The van der Waals surface area contributed by atoms with Gasteiger partial charge < -0.3 is 4.55 Å². The molecule has 0 aliphatic carbocycles. The van der Waals surface area contributed by atoms with Crippen molar-refractivity contribution in [2.45, 2.75) is 23.1 Å². The second kappa shape index (κ2) is 4.46. The Labute approximate surface area is 119 Å². The van der Waals surface area contributed by atoms with E-state index in [1.54, 1.807) is 6.07 Å². The molecule has 0 N–H and O–H groups in total. The first-order valence-corrected chi connectivity index (χ1v) is 7.47. The molecule has 0 saturated carbocycles. The fourth-order valence-corrected chi connectivity index (χ4v) is 4.49. The summed E-state index contributed by atoms with van der Waals surface area (Å²) in [6.45, 7) is 1.95. The monoisotopic (exact) mass is 296 g/mol. The maximum atomic E-state index is 12.6. The highest BCUT2D eigenvalue weighted by Crippen LogP contribution is 2.41. The lowest BCUT2D eigenvalue weighted by molar-refractivity contribution is 0.590. The maximum Gasteiger partial charge on any atom is 0.180 e. The second-order valence-electron chi connectivity index (χ2n) is 4.33. The van der Waals surface area contributed by atoms with Gasteiger partial charge in [0.25, 0.3) is 0 Å². The first-order chi connectivity index (χ1) is 8.59. The minimum absolute atomic E-state index is 0.494. The van der Waals surface area contributed by atoms with Crippen LogP contribution >= 0.6 is 23.2 Å². The van der Waals surface area contributed by atoms with Gasteiger partial charge in [-0.1, -0.05) is 41.4 Å². The zero-order valence-electron chi connectivity index (χ0n) is 9.67. The average molecular weight is 297 g/mol. The lowest BCUT2D eigenvalue weighted by Crippen LogP contribution is -2.16. The fraction of sp³-hybridized carbons (Fsp3) is 0.143. The Morgan fingerprint density at radius 1 is 1.17 bits per heavy atom. The number of halogens is 2. The van der Waals surface area contributed by atoms with E-state index >= 15 is 0 Å². The van der Waals surface area contributed by atoms with Crippen LogP contribution in [0.4, 0.5) is 0 Å². The van der Waals surface area contributed by atoms with Crippen LogP contribution in [0.15, 0.2) is 40.1 Å². The summed E-state index contributed by atoms with van der Waals surface area (Å²) in [5, 5.41) is 1.13. The molecule has 2 aromatic carbocycles. The molecule has 1 heterocycles. The van der Waals surface area contributed by atoms with Crippen LogP contribution in [-0.4, -0.2) is 4.55 Å². The van der Waals surface area contributed by atoms with E-state index in [2.05, 4.69) is 0 Å². The topological polar surface area (TPSA) is 23.1 Å². The van der Waals surface area contributed by atoms with Crippen molar-refractivity contribution < 1.29 is 4.55 Å². The lowest BCUT2D eigenvalue weighted by atomic mass is 10.00. The summed E-state index contributed by atoms with van der Waals surface area (Å²) >= 11 is 11.1. The van der Waals surface area contributed by atoms with Crippen LogP contribution in [0.3, 0.4) is 0 Å². The predicted molar refractivity (Wildman–Crippen MR) is 75.1 cm³/mol. The fourth-order valence-electron chi connectivity index (χ4n) is 2.29. The molecule has 1 aliphatic rings. The lowest BCUT2D eigenvalue weighted by Gasteiger charge is -2.24. The van der Waals surface area contributed by atoms with Crippen LogP contribution < -0.4 is 0 Å². The molecule has 0 fully saturated rings. The van der Waals surface area contributed by atoms with Crippen molar-refractivity contribution >= 4 is 34.4 Å². The molecule has 1 aliphatic heterocycles. The van der Waals surface area contributed by atoms with Crippen molar-refractivity contribution in [3.05, 3.63) is 57.1 Å². The van der Waals surface area contributed by atoms with Crippen LogP contribution in [0.5, 0.6) is 0 Å². The third-order valence-electron chi connectivity index (χ3n) is 3.28. The summed E-state index contributed by atoms with van der Waals surface area (Å²) in [4.78, 5) is 1.57. The minimum atomic E-state index is -1.21. The third-order valence-corrected chi connectivity index (χ3v) is 5.72. The zero-order valence-corrected chi connectivity index (χ0v) is 12.0. The Hall–Kier alpha value is -0.670. The number of fused-ring (bicyclic) bond motifs is 2. The summed E-state index contributed by atoms with van der Waals surface area (Å²) in [5.41, 5.74) is 3.06. The molecule has 0 bridgehead atoms. The van der Waals surface area contributed by atoms with Crippen molar-refractivity contribution in [2.75, 3.05) is 0 Å². The van der Waals surface area contributed by atoms with Gasteiger partial charge in [-0.25, -0.2) is 0 Å². The van der Waals surface area contributed by atoms with E-state index < -0.39 is 11.2 Å². The van der Waals surface area contributed by atoms with Crippen LogP contribution in [0.25, 0.3) is 0 Å². The zero-order chi connectivity index (χ0) is 12.9. The molecule has 1 atom stereocenters. The Morgan fingerprint density at radius 2 is 1.89 bits per heavy atom. The Bertz CT molecular complexity index is 640. The summed E-state index contributed by atoms with van der Waals surface area (Å²) in [5.74, 6) is 0. The van der Waals surface area contributed by atoms with Crippen molar-refractivity contribution in [1.82, 2.24) is 0 Å². The van der Waals surface area contributed by atoms with Crippen molar-refractivity contribution in [2.24, 2.45) is 0 Å². The predicted octanol–water partition coefficient (Wildman–Crippen LogP) is 4.37. The Balaban J connectivity index is 2.28. The van der Waals surface area contributed by atoms with Gasteiger partial charge in [-0.05, 0) is 24.6 Å². The smallest absolute Gasteiger partial charge is 0.180 e. The quantitative estimate of drug-likeness (QED) is 0.662. The minimum Gasteiger partial charge on any atom is -0.606 e. The first kappa shape index (κ1) is 12.4. The number of hydrogen-bond acceptors (Lipinski definition) is 1. The second-order valence-corrected chi connectivity index (χ2v) is 6.53. The van der Waals surface area contributed by atoms with Gasteiger partial charge in [-0.15, -0.1) is 0 Å². The van der Waals surface area contributed by atoms with Gasteiger partial charge in [-0.3, -0.25) is 0 Å². The van der Waals surface area contributed by atoms with Crippen LogP contribution in [-0.2, 0) is 17.6 Å². The molecule has 4 heteroatoms. The van der Waals surface area contributed by atoms with E-state index in [1.165, 1.54) is 0 Å². The highest BCUT2D eigenvalue weighted by atomic mass is 35.5. The number of hydrogen-bond donors (Lipinski definition) is 0. The molecular formula is C14H10Cl2OS. The highest BCUT2D eigenvalue weighted by Gasteiger charge is 2.32. The van der Waals surface area contributed by atoms with Crippen LogP contribution in [0.1, 0.15) is 16.7 Å². The number of rotatable bonds is 0. The van der Waals surface area contributed by atoms with Gasteiger partial charge in [0.1, 0.15) is 0 Å². The molecule has 1 nitrogen and oxygen atoms in total. The molecule has 0 radical (unpaired) electrons. The molecule has 92 valence electrons. The van der Waals surface area contributed by atoms with Crippen molar-refractivity contribution in [3.8, 4) is 0 Å². The van der Waals surface area contributed by atoms with Gasteiger partial charge in [0.05, 0.1) is 5.02 Å². The molecule has 2 aromatic rings. The first-order valence-electron chi connectivity index (χ1n) is 5.56. The molecule has 18 heavy (non-hydrogen) atoms. The van der Waals surface area contributed by atoms with Crippen molar-refractivity contribution in [3.63, 3.8) is 0 Å². The Kier molecular flexibility index (Phi) is 3.07. The SMILES string of the molecule is Cc1c(Cl)cc(Cl)c2c1Cc1ccccc1[S+]2[O-]. The van der Waals surface area contributed by atoms with E-state index in [-0.39, 0.29) is 0 Å². The number of benzene rings is 2. The van der Waals surface area contributed by atoms with Crippen LogP contribution in [0.2, 0.25) is 10.0 Å². The molecule has 0 aromatic heterocycles. The standard InChI is InChI=1S/C14H10Cl2OS/c1-8-10-6-9-4-2-3-5-13(9)18(17)14(10)12(16)7-11(8)15/h2-5,7H,6H2,1H3. The molecule has 3 rings (SSSR count). The van der Waals surface area contributed by atoms with E-state index in [0.29, 0.717) is 10.0 Å². The average Bonchev–Trinajstić information content (AvgIpc) is 2.36. The molecule has 1 unspecified atom stereocenters. The summed E-state index contributed by atoms with van der Waals surface area (Å²) in [7, 11) is 0. The van der Waals surface area contributed by atoms with E-state index in [0.717, 1.165) is 32.9 Å². The third kappa shape index (κ3) is 1.76. The van der Waals surface area contributed by atoms with E-state index in [4.69, 9.17) is 23.2 Å². The summed E-state index contributed by atoms with van der Waals surface area (Å²) in [6.07, 6.45) is 0.739. The van der Waals surface area contributed by atoms with Crippen molar-refractivity contribution in [1.29, 1.82) is 0 Å². The van der Waals surface area contributed by atoms with Gasteiger partial charge in [0, 0.05) is 33.7 Å². The maximum absolute atomic E-state index is 12.6. The van der Waals surface area contributed by atoms with Gasteiger partial charge in [0.2, 0.25) is 0 Å². The van der Waals surface area contributed by atoms with Gasteiger partial charge >= 0.3 is 0 Å². The summed E-state index contributed by atoms with van der Waals surface area (Å²) < 4.78 is 12.6. The molecule has 0 saturated heterocycles. The highest BCUT2D eigenvalue weighted by molar-refractivity contribution is 7.91. The van der Waals surface area contributed by atoms with Crippen LogP contribution in [0, 0.1) is 6.92 Å². The largest absolute Gasteiger partial charge is 0.606 e. The molecular weight excluding hydrogens is 287 g/mol. The van der Waals surface area contributed by atoms with Gasteiger partial charge in [-0.2, -0.15) is 0 Å². The summed E-state index contributed by atoms with van der Waals surface area (Å²) in [6, 6.07) is 9.45. The van der Waals surface area contributed by atoms with E-state index in [9.17, 15) is 4.55 Å². The Morgan fingerprint density at radius 3 is 2.67 bits per heavy atom. The molecule has 0 spiro atoms. The van der Waals surface area contributed by atoms with Gasteiger partial charge in [0.15, 0.2) is 9.79 Å². The molecule has 0 amide bonds. The van der Waals surface area contributed by atoms with E-state index in [1.807, 2.05) is 31.2 Å².